The monoisotopic (exact) mass is 261 g/mol. The molecule has 0 aliphatic heterocycles. The number of pyridine rings is 1. The molecule has 2 unspecified atom stereocenters. The lowest BCUT2D eigenvalue weighted by Crippen LogP contribution is -2.22. The fourth-order valence-corrected chi connectivity index (χ4v) is 1.94. The number of hydrogen-bond donors (Lipinski definition) is 2. The maximum absolute atomic E-state index is 11.1. The van der Waals surface area contributed by atoms with E-state index in [1.165, 1.54) is 7.11 Å². The first-order valence-electron chi connectivity index (χ1n) is 5.90. The van der Waals surface area contributed by atoms with Gasteiger partial charge < -0.3 is 14.9 Å². The third-order valence-corrected chi connectivity index (χ3v) is 2.95. The SMILES string of the molecule is COC(=O)CC(O)C(O)c1cccc2cccnc12. The molecule has 0 amide bonds. The summed E-state index contributed by atoms with van der Waals surface area (Å²) in [5, 5.41) is 20.9. The van der Waals surface area contributed by atoms with Crippen molar-refractivity contribution in [3.8, 4) is 0 Å². The van der Waals surface area contributed by atoms with E-state index in [-0.39, 0.29) is 6.42 Å². The van der Waals surface area contributed by atoms with E-state index in [1.54, 1.807) is 24.4 Å². The second-order valence-corrected chi connectivity index (χ2v) is 4.21. The predicted octanol–water partition coefficient (Wildman–Crippen LogP) is 1.19. The Labute approximate surface area is 110 Å². The van der Waals surface area contributed by atoms with E-state index in [0.717, 1.165) is 5.39 Å². The third kappa shape index (κ3) is 2.89. The highest BCUT2D eigenvalue weighted by atomic mass is 16.5. The lowest BCUT2D eigenvalue weighted by Gasteiger charge is -2.18. The summed E-state index contributed by atoms with van der Waals surface area (Å²) in [6, 6.07) is 8.98. The summed E-state index contributed by atoms with van der Waals surface area (Å²) in [5.41, 5.74) is 1.11. The Bertz CT molecular complexity index is 579. The van der Waals surface area contributed by atoms with E-state index in [4.69, 9.17) is 0 Å². The number of nitrogens with zero attached hydrogens (tertiary/aromatic N) is 1. The van der Waals surface area contributed by atoms with Crippen LogP contribution in [-0.4, -0.2) is 34.4 Å². The van der Waals surface area contributed by atoms with Gasteiger partial charge in [-0.2, -0.15) is 0 Å². The van der Waals surface area contributed by atoms with Gasteiger partial charge in [0, 0.05) is 17.1 Å². The van der Waals surface area contributed by atoms with Crippen molar-refractivity contribution in [3.05, 3.63) is 42.1 Å². The molecule has 1 aromatic carbocycles. The largest absolute Gasteiger partial charge is 0.469 e. The topological polar surface area (TPSA) is 79.7 Å². The standard InChI is InChI=1S/C14H15NO4/c1-19-12(17)8-11(16)14(18)10-6-2-4-9-5-3-7-15-13(9)10/h2-7,11,14,16,18H,8H2,1H3. The summed E-state index contributed by atoms with van der Waals surface area (Å²) in [6.45, 7) is 0. The molecule has 2 atom stereocenters. The van der Waals surface area contributed by atoms with Crippen LogP contribution >= 0.6 is 0 Å². The third-order valence-electron chi connectivity index (χ3n) is 2.95. The lowest BCUT2D eigenvalue weighted by atomic mass is 9.99. The van der Waals surface area contributed by atoms with Gasteiger partial charge in [0.05, 0.1) is 25.2 Å². The second kappa shape index (κ2) is 5.77. The van der Waals surface area contributed by atoms with E-state index in [1.807, 2.05) is 12.1 Å². The van der Waals surface area contributed by atoms with Gasteiger partial charge in [-0.15, -0.1) is 0 Å². The van der Waals surface area contributed by atoms with Crippen LogP contribution in [0.2, 0.25) is 0 Å². The normalized spacial score (nSPS) is 14.1. The molecule has 2 rings (SSSR count). The molecule has 0 spiro atoms. The lowest BCUT2D eigenvalue weighted by molar-refractivity contribution is -0.144. The molecular weight excluding hydrogens is 246 g/mol. The van der Waals surface area contributed by atoms with Gasteiger partial charge in [0.25, 0.3) is 0 Å². The van der Waals surface area contributed by atoms with Crippen LogP contribution in [0.25, 0.3) is 10.9 Å². The Balaban J connectivity index is 2.30. The Kier molecular flexibility index (Phi) is 4.09. The summed E-state index contributed by atoms with van der Waals surface area (Å²) in [4.78, 5) is 15.3. The van der Waals surface area contributed by atoms with Gasteiger partial charge in [-0.25, -0.2) is 0 Å². The van der Waals surface area contributed by atoms with Crippen LogP contribution in [-0.2, 0) is 9.53 Å². The van der Waals surface area contributed by atoms with Crippen molar-refractivity contribution in [3.63, 3.8) is 0 Å². The van der Waals surface area contributed by atoms with Gasteiger partial charge in [0.1, 0.15) is 6.10 Å². The second-order valence-electron chi connectivity index (χ2n) is 4.21. The van der Waals surface area contributed by atoms with Crippen molar-refractivity contribution in [1.82, 2.24) is 4.98 Å². The highest BCUT2D eigenvalue weighted by Crippen LogP contribution is 2.25. The molecule has 5 heteroatoms. The van der Waals surface area contributed by atoms with Crippen LogP contribution in [0.3, 0.4) is 0 Å². The fourth-order valence-electron chi connectivity index (χ4n) is 1.94. The number of aromatic nitrogens is 1. The zero-order valence-electron chi connectivity index (χ0n) is 10.5. The molecule has 0 saturated carbocycles. The molecular formula is C14H15NO4. The van der Waals surface area contributed by atoms with Crippen LogP contribution in [0.15, 0.2) is 36.5 Å². The van der Waals surface area contributed by atoms with Crippen molar-refractivity contribution in [1.29, 1.82) is 0 Å². The summed E-state index contributed by atoms with van der Waals surface area (Å²) >= 11 is 0. The Hall–Kier alpha value is -1.98. The maximum atomic E-state index is 11.1. The molecule has 1 heterocycles. The Morgan fingerprint density at radius 2 is 2.05 bits per heavy atom. The molecule has 0 aliphatic carbocycles. The molecule has 0 radical (unpaired) electrons. The van der Waals surface area contributed by atoms with Gasteiger partial charge in [-0.3, -0.25) is 9.78 Å². The number of para-hydroxylation sites is 1. The first-order valence-corrected chi connectivity index (χ1v) is 5.90. The van der Waals surface area contributed by atoms with Crippen molar-refractivity contribution >= 4 is 16.9 Å². The van der Waals surface area contributed by atoms with E-state index < -0.39 is 18.2 Å². The summed E-state index contributed by atoms with van der Waals surface area (Å²) in [7, 11) is 1.24. The average Bonchev–Trinajstić information content (AvgIpc) is 2.45. The predicted molar refractivity (Wildman–Crippen MR) is 69.3 cm³/mol. The minimum atomic E-state index is -1.22. The van der Waals surface area contributed by atoms with Gasteiger partial charge in [0.2, 0.25) is 0 Å². The van der Waals surface area contributed by atoms with E-state index in [0.29, 0.717) is 11.1 Å². The zero-order valence-corrected chi connectivity index (χ0v) is 10.5. The molecule has 100 valence electrons. The van der Waals surface area contributed by atoms with Gasteiger partial charge in [-0.05, 0) is 6.07 Å². The molecule has 2 aromatic rings. The average molecular weight is 261 g/mol. The first kappa shape index (κ1) is 13.5. The van der Waals surface area contributed by atoms with E-state index >= 15 is 0 Å². The number of aliphatic hydroxyl groups excluding tert-OH is 2. The van der Waals surface area contributed by atoms with E-state index in [9.17, 15) is 15.0 Å². The van der Waals surface area contributed by atoms with Crippen LogP contribution in [0.5, 0.6) is 0 Å². The number of ether oxygens (including phenoxy) is 1. The minimum Gasteiger partial charge on any atom is -0.469 e. The van der Waals surface area contributed by atoms with Crippen molar-refractivity contribution in [2.75, 3.05) is 7.11 Å². The number of carbonyl (C=O) groups excluding carboxylic acids is 1. The number of benzene rings is 1. The summed E-state index contributed by atoms with van der Waals surface area (Å²) in [6.07, 6.45) is -1.05. The summed E-state index contributed by atoms with van der Waals surface area (Å²) < 4.78 is 4.47. The van der Waals surface area contributed by atoms with Crippen molar-refractivity contribution in [2.45, 2.75) is 18.6 Å². The number of esters is 1. The number of methoxy groups -OCH3 is 1. The Morgan fingerprint density at radius 3 is 2.79 bits per heavy atom. The van der Waals surface area contributed by atoms with Crippen molar-refractivity contribution < 1.29 is 19.7 Å². The van der Waals surface area contributed by atoms with Crippen LogP contribution < -0.4 is 0 Å². The fraction of sp³-hybridized carbons (Fsp3) is 0.286. The molecule has 5 nitrogen and oxygen atoms in total. The number of aliphatic hydroxyl groups is 2. The highest BCUT2D eigenvalue weighted by Gasteiger charge is 2.23. The molecule has 0 fully saturated rings. The minimum absolute atomic E-state index is 0.263. The van der Waals surface area contributed by atoms with Gasteiger partial charge in [0.15, 0.2) is 0 Å². The Morgan fingerprint density at radius 1 is 1.32 bits per heavy atom. The molecule has 19 heavy (non-hydrogen) atoms. The maximum Gasteiger partial charge on any atom is 0.308 e. The van der Waals surface area contributed by atoms with Crippen LogP contribution in [0, 0.1) is 0 Å². The molecule has 0 bridgehead atoms. The molecule has 0 aliphatic rings. The first-order chi connectivity index (χ1) is 9.13. The van der Waals surface area contributed by atoms with Crippen molar-refractivity contribution in [2.24, 2.45) is 0 Å². The molecule has 2 N–H and O–H groups in total. The number of hydrogen-bond acceptors (Lipinski definition) is 5. The van der Waals surface area contributed by atoms with E-state index in [2.05, 4.69) is 9.72 Å². The quantitative estimate of drug-likeness (QED) is 0.808. The molecule has 0 saturated heterocycles. The zero-order chi connectivity index (χ0) is 13.8. The van der Waals surface area contributed by atoms with Crippen LogP contribution in [0.1, 0.15) is 18.1 Å². The highest BCUT2D eigenvalue weighted by molar-refractivity contribution is 5.82. The van der Waals surface area contributed by atoms with Gasteiger partial charge >= 0.3 is 5.97 Å². The number of carbonyl (C=O) groups is 1. The van der Waals surface area contributed by atoms with Crippen LogP contribution in [0.4, 0.5) is 0 Å². The molecule has 1 aromatic heterocycles. The smallest absolute Gasteiger partial charge is 0.308 e. The van der Waals surface area contributed by atoms with Gasteiger partial charge in [-0.1, -0.05) is 24.3 Å². The number of fused-ring (bicyclic) bond motifs is 1. The number of rotatable bonds is 4. The summed E-state index contributed by atoms with van der Waals surface area (Å²) in [5.74, 6) is -0.570.